The van der Waals surface area contributed by atoms with E-state index in [1.54, 1.807) is 0 Å². The number of rotatable bonds is 1. The van der Waals surface area contributed by atoms with Gasteiger partial charge in [-0.25, -0.2) is 0 Å². The van der Waals surface area contributed by atoms with E-state index in [0.29, 0.717) is 6.54 Å². The zero-order valence-electron chi connectivity index (χ0n) is 7.81. The molecule has 4 nitrogen and oxygen atoms in total. The summed E-state index contributed by atoms with van der Waals surface area (Å²) in [4.78, 5) is 11.1. The van der Waals surface area contributed by atoms with Crippen molar-refractivity contribution < 1.29 is 9.53 Å². The van der Waals surface area contributed by atoms with E-state index in [1.165, 1.54) is 7.11 Å². The van der Waals surface area contributed by atoms with Gasteiger partial charge in [-0.1, -0.05) is 0 Å². The van der Waals surface area contributed by atoms with Crippen molar-refractivity contribution in [2.24, 2.45) is 0 Å². The van der Waals surface area contributed by atoms with Crippen LogP contribution >= 0.6 is 0 Å². The minimum Gasteiger partial charge on any atom is -0.468 e. The van der Waals surface area contributed by atoms with Gasteiger partial charge in [0.1, 0.15) is 6.04 Å². The molecule has 0 aromatic heterocycles. The van der Waals surface area contributed by atoms with Crippen LogP contribution in [-0.2, 0) is 9.53 Å². The van der Waals surface area contributed by atoms with E-state index in [2.05, 4.69) is 29.2 Å². The van der Waals surface area contributed by atoms with Gasteiger partial charge in [-0.2, -0.15) is 0 Å². The lowest BCUT2D eigenvalue weighted by atomic mass is 10.0. The Morgan fingerprint density at radius 2 is 2.25 bits per heavy atom. The smallest absolute Gasteiger partial charge is 0.324 e. The molecule has 1 atom stereocenters. The Balaban J connectivity index is 2.41. The zero-order chi connectivity index (χ0) is 9.19. The van der Waals surface area contributed by atoms with E-state index in [0.717, 1.165) is 6.54 Å². The molecule has 1 unspecified atom stereocenters. The molecule has 1 heterocycles. The number of methoxy groups -OCH3 is 1. The molecule has 0 spiro atoms. The third-order valence-corrected chi connectivity index (χ3v) is 2.06. The maximum absolute atomic E-state index is 11.1. The van der Waals surface area contributed by atoms with E-state index < -0.39 is 0 Å². The average molecular weight is 172 g/mol. The van der Waals surface area contributed by atoms with Gasteiger partial charge in [-0.15, -0.1) is 0 Å². The van der Waals surface area contributed by atoms with Gasteiger partial charge in [0.15, 0.2) is 0 Å². The van der Waals surface area contributed by atoms with Crippen LogP contribution in [0, 0.1) is 0 Å². The highest BCUT2D eigenvalue weighted by molar-refractivity contribution is 5.76. The highest BCUT2D eigenvalue weighted by Crippen LogP contribution is 2.05. The molecule has 0 saturated carbocycles. The van der Waals surface area contributed by atoms with Crippen molar-refractivity contribution in [1.29, 1.82) is 0 Å². The van der Waals surface area contributed by atoms with E-state index >= 15 is 0 Å². The minimum atomic E-state index is -0.196. The van der Waals surface area contributed by atoms with Crippen molar-refractivity contribution in [3.8, 4) is 0 Å². The topological polar surface area (TPSA) is 50.4 Å². The van der Waals surface area contributed by atoms with Crippen molar-refractivity contribution in [3.63, 3.8) is 0 Å². The summed E-state index contributed by atoms with van der Waals surface area (Å²) in [5.74, 6) is -0.196. The number of carbonyl (C=O) groups is 1. The Bertz CT molecular complexity index is 170. The molecule has 70 valence electrons. The molecule has 0 radical (unpaired) electrons. The molecule has 1 aliphatic rings. The summed E-state index contributed by atoms with van der Waals surface area (Å²) < 4.78 is 4.62. The van der Waals surface area contributed by atoms with E-state index in [9.17, 15) is 4.79 Å². The standard InChI is InChI=1S/C8H16N2O2/c1-8(2)5-9-6(4-10-8)7(11)12-3/h6,9-10H,4-5H2,1-3H3. The van der Waals surface area contributed by atoms with Gasteiger partial charge in [0.2, 0.25) is 0 Å². The fourth-order valence-electron chi connectivity index (χ4n) is 1.20. The third kappa shape index (κ3) is 2.19. The van der Waals surface area contributed by atoms with Crippen LogP contribution in [0.4, 0.5) is 0 Å². The van der Waals surface area contributed by atoms with Crippen LogP contribution in [0.3, 0.4) is 0 Å². The number of piperazine rings is 1. The molecule has 1 saturated heterocycles. The first kappa shape index (κ1) is 9.48. The fraction of sp³-hybridized carbons (Fsp3) is 0.875. The summed E-state index contributed by atoms with van der Waals surface area (Å²) in [7, 11) is 1.41. The highest BCUT2D eigenvalue weighted by Gasteiger charge is 2.29. The Hall–Kier alpha value is -0.610. The van der Waals surface area contributed by atoms with Crippen LogP contribution in [-0.4, -0.2) is 37.7 Å². The second kappa shape index (κ2) is 3.41. The van der Waals surface area contributed by atoms with Crippen molar-refractivity contribution in [2.45, 2.75) is 25.4 Å². The van der Waals surface area contributed by atoms with Gasteiger partial charge in [-0.3, -0.25) is 4.79 Å². The van der Waals surface area contributed by atoms with Crippen LogP contribution in [0.25, 0.3) is 0 Å². The van der Waals surface area contributed by atoms with Gasteiger partial charge in [0, 0.05) is 18.6 Å². The summed E-state index contributed by atoms with van der Waals surface area (Å²) in [5.41, 5.74) is 0.0739. The molecular weight excluding hydrogens is 156 g/mol. The Morgan fingerprint density at radius 1 is 1.58 bits per heavy atom. The SMILES string of the molecule is COC(=O)C1CNC(C)(C)CN1. The first-order valence-electron chi connectivity index (χ1n) is 4.11. The second-order valence-electron chi connectivity index (χ2n) is 3.72. The summed E-state index contributed by atoms with van der Waals surface area (Å²) >= 11 is 0. The molecule has 12 heavy (non-hydrogen) atoms. The molecule has 0 amide bonds. The predicted octanol–water partition coefficient (Wildman–Crippen LogP) is -0.501. The second-order valence-corrected chi connectivity index (χ2v) is 3.72. The molecule has 0 bridgehead atoms. The summed E-state index contributed by atoms with van der Waals surface area (Å²) in [6, 6.07) is -0.192. The van der Waals surface area contributed by atoms with Gasteiger partial charge >= 0.3 is 5.97 Å². The summed E-state index contributed by atoms with van der Waals surface area (Å²) in [6.45, 7) is 5.60. The molecule has 0 aliphatic carbocycles. The molecule has 1 fully saturated rings. The summed E-state index contributed by atoms with van der Waals surface area (Å²) in [5, 5.41) is 6.38. The van der Waals surface area contributed by atoms with Crippen molar-refractivity contribution in [1.82, 2.24) is 10.6 Å². The third-order valence-electron chi connectivity index (χ3n) is 2.06. The number of esters is 1. The van der Waals surface area contributed by atoms with Gasteiger partial charge in [0.05, 0.1) is 7.11 Å². The monoisotopic (exact) mass is 172 g/mol. The van der Waals surface area contributed by atoms with Crippen LogP contribution in [0.5, 0.6) is 0 Å². The lowest BCUT2D eigenvalue weighted by molar-refractivity contribution is -0.143. The molecular formula is C8H16N2O2. The largest absolute Gasteiger partial charge is 0.468 e. The zero-order valence-corrected chi connectivity index (χ0v) is 7.81. The highest BCUT2D eigenvalue weighted by atomic mass is 16.5. The molecule has 0 aromatic carbocycles. The van der Waals surface area contributed by atoms with E-state index in [4.69, 9.17) is 0 Å². The maximum Gasteiger partial charge on any atom is 0.324 e. The lowest BCUT2D eigenvalue weighted by Gasteiger charge is -2.35. The predicted molar refractivity (Wildman–Crippen MR) is 45.9 cm³/mol. The Morgan fingerprint density at radius 3 is 2.67 bits per heavy atom. The number of nitrogens with one attached hydrogen (secondary N) is 2. The normalized spacial score (nSPS) is 28.1. The van der Waals surface area contributed by atoms with E-state index in [-0.39, 0.29) is 17.6 Å². The Kier molecular flexibility index (Phi) is 2.69. The van der Waals surface area contributed by atoms with Gasteiger partial charge in [0.25, 0.3) is 0 Å². The number of carbonyl (C=O) groups excluding carboxylic acids is 1. The first-order valence-corrected chi connectivity index (χ1v) is 4.11. The quantitative estimate of drug-likeness (QED) is 0.523. The van der Waals surface area contributed by atoms with Crippen molar-refractivity contribution in [2.75, 3.05) is 20.2 Å². The van der Waals surface area contributed by atoms with Crippen LogP contribution in [0.15, 0.2) is 0 Å². The van der Waals surface area contributed by atoms with Gasteiger partial charge in [-0.05, 0) is 13.8 Å². The molecule has 1 aliphatic heterocycles. The van der Waals surface area contributed by atoms with Crippen LogP contribution < -0.4 is 10.6 Å². The van der Waals surface area contributed by atoms with Gasteiger partial charge < -0.3 is 15.4 Å². The maximum atomic E-state index is 11.1. The van der Waals surface area contributed by atoms with Crippen molar-refractivity contribution in [3.05, 3.63) is 0 Å². The average Bonchev–Trinajstić information content (AvgIpc) is 2.03. The van der Waals surface area contributed by atoms with Crippen LogP contribution in [0.1, 0.15) is 13.8 Å². The number of hydrogen-bond donors (Lipinski definition) is 2. The number of ether oxygens (including phenoxy) is 1. The Labute approximate surface area is 72.7 Å². The molecule has 2 N–H and O–H groups in total. The molecule has 4 heteroatoms. The molecule has 1 rings (SSSR count). The lowest BCUT2D eigenvalue weighted by Crippen LogP contribution is -2.62. The fourth-order valence-corrected chi connectivity index (χ4v) is 1.20. The summed E-state index contributed by atoms with van der Waals surface area (Å²) in [6.07, 6.45) is 0. The van der Waals surface area contributed by atoms with Crippen LogP contribution in [0.2, 0.25) is 0 Å². The number of hydrogen-bond acceptors (Lipinski definition) is 4. The minimum absolute atomic E-state index is 0.0739. The molecule has 0 aromatic rings. The first-order chi connectivity index (χ1) is 5.55. The van der Waals surface area contributed by atoms with Crippen molar-refractivity contribution >= 4 is 5.97 Å². The van der Waals surface area contributed by atoms with E-state index in [1.807, 2.05) is 0 Å².